The summed E-state index contributed by atoms with van der Waals surface area (Å²) in [7, 11) is 0. The number of benzene rings is 2. The smallest absolute Gasteiger partial charge is 0.234 e. The van der Waals surface area contributed by atoms with Gasteiger partial charge >= 0.3 is 0 Å². The molecule has 0 bridgehead atoms. The number of imidazole rings is 1. The summed E-state index contributed by atoms with van der Waals surface area (Å²) in [4.78, 5) is 20.4. The van der Waals surface area contributed by atoms with Crippen LogP contribution in [-0.4, -0.2) is 28.5 Å². The van der Waals surface area contributed by atoms with Gasteiger partial charge in [-0.05, 0) is 43.4 Å². The lowest BCUT2D eigenvalue weighted by Gasteiger charge is -2.28. The van der Waals surface area contributed by atoms with Crippen LogP contribution in [0.15, 0.2) is 54.6 Å². The molecule has 5 heteroatoms. The molecule has 0 atom stereocenters. The first-order chi connectivity index (χ1) is 13.3. The maximum atomic E-state index is 12.2. The Morgan fingerprint density at radius 2 is 1.74 bits per heavy atom. The number of rotatable bonds is 6. The molecular weight excluding hydrogens is 336 g/mol. The molecule has 3 N–H and O–H groups in total. The van der Waals surface area contributed by atoms with Gasteiger partial charge < -0.3 is 15.6 Å². The summed E-state index contributed by atoms with van der Waals surface area (Å²) in [6.07, 6.45) is 4.13. The van der Waals surface area contributed by atoms with Gasteiger partial charge in [0.2, 0.25) is 5.91 Å². The highest BCUT2D eigenvalue weighted by molar-refractivity contribution is 5.78. The standard InChI is InChI=1S/C22H26N4O/c27-21(15-23-14-16-6-2-1-3-7-16)24-18-12-10-17(11-13-18)22-25-19-8-4-5-9-20(19)26-22/h1-9,17-18,23H,10-15H2,(H,24,27)(H,25,26). The fraction of sp³-hybridized carbons (Fsp3) is 0.364. The highest BCUT2D eigenvalue weighted by Gasteiger charge is 2.25. The molecule has 27 heavy (non-hydrogen) atoms. The van der Waals surface area contributed by atoms with Gasteiger partial charge in [0.15, 0.2) is 0 Å². The van der Waals surface area contributed by atoms with Gasteiger partial charge in [0, 0.05) is 18.5 Å². The minimum atomic E-state index is 0.0816. The molecule has 0 unspecified atom stereocenters. The maximum Gasteiger partial charge on any atom is 0.234 e. The second-order valence-electron chi connectivity index (χ2n) is 7.34. The normalized spacial score (nSPS) is 19.9. The minimum absolute atomic E-state index is 0.0816. The number of para-hydroxylation sites is 2. The summed E-state index contributed by atoms with van der Waals surface area (Å²) in [5, 5.41) is 6.39. The predicted octanol–water partition coefficient (Wildman–Crippen LogP) is 3.50. The van der Waals surface area contributed by atoms with Crippen LogP contribution in [0.4, 0.5) is 0 Å². The van der Waals surface area contributed by atoms with Crippen molar-refractivity contribution in [2.45, 2.75) is 44.2 Å². The van der Waals surface area contributed by atoms with Crippen molar-refractivity contribution in [3.63, 3.8) is 0 Å². The van der Waals surface area contributed by atoms with E-state index in [2.05, 4.69) is 33.8 Å². The second-order valence-corrected chi connectivity index (χ2v) is 7.34. The topological polar surface area (TPSA) is 69.8 Å². The Morgan fingerprint density at radius 3 is 2.52 bits per heavy atom. The van der Waals surface area contributed by atoms with Crippen LogP contribution >= 0.6 is 0 Å². The quantitative estimate of drug-likeness (QED) is 0.629. The third kappa shape index (κ3) is 4.55. The predicted molar refractivity (Wildman–Crippen MR) is 107 cm³/mol. The Bertz CT molecular complexity index is 848. The zero-order valence-corrected chi connectivity index (χ0v) is 15.4. The van der Waals surface area contributed by atoms with Gasteiger partial charge in [0.25, 0.3) is 0 Å². The third-order valence-corrected chi connectivity index (χ3v) is 5.34. The number of fused-ring (bicyclic) bond motifs is 1. The molecule has 1 fully saturated rings. The Morgan fingerprint density at radius 1 is 1.00 bits per heavy atom. The van der Waals surface area contributed by atoms with Crippen molar-refractivity contribution in [2.24, 2.45) is 0 Å². The lowest BCUT2D eigenvalue weighted by Crippen LogP contribution is -2.41. The molecule has 4 rings (SSSR count). The number of aromatic nitrogens is 2. The third-order valence-electron chi connectivity index (χ3n) is 5.34. The van der Waals surface area contributed by atoms with Gasteiger partial charge in [-0.3, -0.25) is 4.79 Å². The minimum Gasteiger partial charge on any atom is -0.352 e. The summed E-state index contributed by atoms with van der Waals surface area (Å²) in [5.41, 5.74) is 3.33. The molecule has 0 aliphatic heterocycles. The molecule has 2 aromatic carbocycles. The molecular formula is C22H26N4O. The first-order valence-corrected chi connectivity index (χ1v) is 9.76. The number of carbonyl (C=O) groups is 1. The average Bonchev–Trinajstić information content (AvgIpc) is 3.13. The van der Waals surface area contributed by atoms with Gasteiger partial charge in [-0.15, -0.1) is 0 Å². The van der Waals surface area contributed by atoms with Crippen molar-refractivity contribution in [1.82, 2.24) is 20.6 Å². The maximum absolute atomic E-state index is 12.2. The second kappa shape index (κ2) is 8.35. The molecule has 0 spiro atoms. The first-order valence-electron chi connectivity index (χ1n) is 9.76. The number of amides is 1. The zero-order valence-electron chi connectivity index (χ0n) is 15.4. The molecule has 1 aromatic heterocycles. The molecule has 0 radical (unpaired) electrons. The van der Waals surface area contributed by atoms with Crippen LogP contribution in [0.1, 0.15) is 43.0 Å². The van der Waals surface area contributed by atoms with Crippen molar-refractivity contribution in [2.75, 3.05) is 6.54 Å². The van der Waals surface area contributed by atoms with Crippen LogP contribution < -0.4 is 10.6 Å². The number of carbonyl (C=O) groups excluding carboxylic acids is 1. The van der Waals surface area contributed by atoms with E-state index in [4.69, 9.17) is 4.98 Å². The van der Waals surface area contributed by atoms with E-state index >= 15 is 0 Å². The van der Waals surface area contributed by atoms with E-state index in [1.165, 1.54) is 5.56 Å². The molecule has 140 valence electrons. The fourth-order valence-corrected chi connectivity index (χ4v) is 3.87. The highest BCUT2D eigenvalue weighted by Crippen LogP contribution is 2.32. The summed E-state index contributed by atoms with van der Waals surface area (Å²) in [6, 6.07) is 18.6. The van der Waals surface area contributed by atoms with Crippen LogP contribution in [0.25, 0.3) is 11.0 Å². The first kappa shape index (κ1) is 17.7. The summed E-state index contributed by atoms with van der Waals surface area (Å²) >= 11 is 0. The summed E-state index contributed by atoms with van der Waals surface area (Å²) < 4.78 is 0. The Kier molecular flexibility index (Phi) is 5.49. The molecule has 1 saturated carbocycles. The largest absolute Gasteiger partial charge is 0.352 e. The SMILES string of the molecule is O=C(CNCc1ccccc1)NC1CCC(c2nc3ccccc3[nH]2)CC1. The molecule has 1 amide bonds. The average molecular weight is 362 g/mol. The van der Waals surface area contributed by atoms with Crippen LogP contribution in [0.2, 0.25) is 0 Å². The number of hydrogen-bond donors (Lipinski definition) is 3. The van der Waals surface area contributed by atoms with E-state index in [-0.39, 0.29) is 11.9 Å². The van der Waals surface area contributed by atoms with Gasteiger partial charge in [-0.2, -0.15) is 0 Å². The summed E-state index contributed by atoms with van der Waals surface area (Å²) in [5.74, 6) is 1.63. The molecule has 3 aromatic rings. The van der Waals surface area contributed by atoms with Gasteiger partial charge in [-0.25, -0.2) is 4.98 Å². The molecule has 5 nitrogen and oxygen atoms in total. The van der Waals surface area contributed by atoms with Crippen LogP contribution in [0.3, 0.4) is 0 Å². The van der Waals surface area contributed by atoms with E-state index in [0.29, 0.717) is 19.0 Å². The van der Waals surface area contributed by atoms with E-state index in [1.54, 1.807) is 0 Å². The van der Waals surface area contributed by atoms with E-state index in [1.807, 2.05) is 36.4 Å². The van der Waals surface area contributed by atoms with Gasteiger partial charge in [-0.1, -0.05) is 42.5 Å². The number of H-pyrrole nitrogens is 1. The lowest BCUT2D eigenvalue weighted by atomic mass is 9.85. The van der Waals surface area contributed by atoms with Crippen molar-refractivity contribution in [1.29, 1.82) is 0 Å². The van der Waals surface area contributed by atoms with Crippen molar-refractivity contribution < 1.29 is 4.79 Å². The van der Waals surface area contributed by atoms with Crippen LogP contribution in [0.5, 0.6) is 0 Å². The molecule has 1 aliphatic carbocycles. The molecule has 0 saturated heterocycles. The van der Waals surface area contributed by atoms with E-state index in [0.717, 1.165) is 42.5 Å². The van der Waals surface area contributed by atoms with Gasteiger partial charge in [0.05, 0.1) is 17.6 Å². The summed E-state index contributed by atoms with van der Waals surface area (Å²) in [6.45, 7) is 1.07. The zero-order chi connectivity index (χ0) is 18.5. The van der Waals surface area contributed by atoms with E-state index < -0.39 is 0 Å². The van der Waals surface area contributed by atoms with Gasteiger partial charge in [0.1, 0.15) is 5.82 Å². The Labute approximate surface area is 159 Å². The monoisotopic (exact) mass is 362 g/mol. The van der Waals surface area contributed by atoms with E-state index in [9.17, 15) is 4.79 Å². The number of aromatic amines is 1. The van der Waals surface area contributed by atoms with Crippen molar-refractivity contribution in [3.05, 3.63) is 66.0 Å². The van der Waals surface area contributed by atoms with Crippen LogP contribution in [-0.2, 0) is 11.3 Å². The number of hydrogen-bond acceptors (Lipinski definition) is 3. The number of nitrogens with one attached hydrogen (secondary N) is 3. The Hall–Kier alpha value is -2.66. The fourth-order valence-electron chi connectivity index (χ4n) is 3.87. The van der Waals surface area contributed by atoms with Crippen molar-refractivity contribution >= 4 is 16.9 Å². The molecule has 1 aliphatic rings. The molecule has 1 heterocycles. The van der Waals surface area contributed by atoms with Crippen molar-refractivity contribution in [3.8, 4) is 0 Å². The van der Waals surface area contributed by atoms with Crippen LogP contribution in [0, 0.1) is 0 Å². The Balaban J connectivity index is 1.21. The highest BCUT2D eigenvalue weighted by atomic mass is 16.1. The lowest BCUT2D eigenvalue weighted by molar-refractivity contribution is -0.121. The number of nitrogens with zero attached hydrogens (tertiary/aromatic N) is 1.